The van der Waals surface area contributed by atoms with E-state index in [1.807, 2.05) is 0 Å². The van der Waals surface area contributed by atoms with Crippen LogP contribution in [0, 0.1) is 5.31 Å². The van der Waals surface area contributed by atoms with Gasteiger partial charge >= 0.3 is 72.6 Å². The van der Waals surface area contributed by atoms with Gasteiger partial charge in [-0.05, 0) is 0 Å². The van der Waals surface area contributed by atoms with Gasteiger partial charge in [-0.1, -0.05) is 0 Å². The molecule has 0 bridgehead atoms. The SMILES string of the molecule is CCOC(=O)C(=O)C(Br)B=N. The molecule has 0 aromatic rings. The van der Waals surface area contributed by atoms with Gasteiger partial charge in [-0.15, -0.1) is 0 Å². The molecule has 0 saturated carbocycles. The molecular weight excluding hydrogens is 213 g/mol. The van der Waals surface area contributed by atoms with E-state index < -0.39 is 16.5 Å². The summed E-state index contributed by atoms with van der Waals surface area (Å²) in [6.07, 6.45) is 0. The zero-order valence-electron chi connectivity index (χ0n) is 5.96. The van der Waals surface area contributed by atoms with Gasteiger partial charge in [0.1, 0.15) is 0 Å². The van der Waals surface area contributed by atoms with Crippen molar-refractivity contribution >= 4 is 34.8 Å². The monoisotopic (exact) mass is 219 g/mol. The van der Waals surface area contributed by atoms with Crippen LogP contribution in [0.25, 0.3) is 0 Å². The summed E-state index contributed by atoms with van der Waals surface area (Å²) in [5.74, 6) is -1.65. The number of carbonyl (C=O) groups is 2. The number of nitrogens with one attached hydrogen (secondary N) is 1. The van der Waals surface area contributed by atoms with E-state index in [0.29, 0.717) is 0 Å². The number of alkyl halides is 1. The van der Waals surface area contributed by atoms with Crippen LogP contribution in [-0.2, 0) is 14.3 Å². The molecule has 6 heteroatoms. The van der Waals surface area contributed by atoms with Crippen LogP contribution in [0.1, 0.15) is 6.92 Å². The first-order valence-electron chi connectivity index (χ1n) is 2.99. The van der Waals surface area contributed by atoms with Crippen molar-refractivity contribution in [3.05, 3.63) is 0 Å². The van der Waals surface area contributed by atoms with Crippen molar-refractivity contribution in [3.63, 3.8) is 0 Å². The molecule has 0 radical (unpaired) electrons. The Kier molecular flexibility index (Phi) is 4.93. The van der Waals surface area contributed by atoms with Crippen LogP contribution in [0.15, 0.2) is 0 Å². The molecule has 0 aliphatic rings. The summed E-state index contributed by atoms with van der Waals surface area (Å²) in [6.45, 7) is 1.78. The van der Waals surface area contributed by atoms with Crippen molar-refractivity contribution in [2.45, 2.75) is 11.7 Å². The van der Waals surface area contributed by atoms with Gasteiger partial charge in [-0.2, -0.15) is 0 Å². The predicted octanol–water partition coefficient (Wildman–Crippen LogP) is 0.306. The molecule has 4 nitrogen and oxygen atoms in total. The third-order valence-corrected chi connectivity index (χ3v) is 1.55. The van der Waals surface area contributed by atoms with E-state index in [1.165, 1.54) is 0 Å². The summed E-state index contributed by atoms with van der Waals surface area (Å²) in [5, 5.41) is 6.66. The maximum absolute atomic E-state index is 10.8. The molecule has 0 saturated heterocycles. The number of rotatable bonds is 4. The van der Waals surface area contributed by atoms with Crippen molar-refractivity contribution in [1.82, 2.24) is 0 Å². The second-order valence-electron chi connectivity index (χ2n) is 1.65. The molecule has 0 aromatic carbocycles. The second-order valence-corrected chi connectivity index (χ2v) is 2.64. The molecule has 1 unspecified atom stereocenters. The summed E-state index contributed by atoms with van der Waals surface area (Å²) in [7, 11) is 0.833. The first kappa shape index (κ1) is 10.5. The van der Waals surface area contributed by atoms with E-state index in [4.69, 9.17) is 5.31 Å². The van der Waals surface area contributed by atoms with Crippen molar-refractivity contribution in [3.8, 4) is 0 Å². The van der Waals surface area contributed by atoms with E-state index in [-0.39, 0.29) is 6.61 Å². The van der Waals surface area contributed by atoms with Crippen molar-refractivity contribution in [2.75, 3.05) is 6.61 Å². The Labute approximate surface area is 73.2 Å². The van der Waals surface area contributed by atoms with Gasteiger partial charge in [0.05, 0.1) is 0 Å². The van der Waals surface area contributed by atoms with Gasteiger partial charge in [0, 0.05) is 0 Å². The number of Topliss-reactive ketones (excluding diaryl/α,β-unsaturated/α-hetero) is 1. The topological polar surface area (TPSA) is 67.2 Å². The summed E-state index contributed by atoms with van der Waals surface area (Å²) >= 11 is 2.82. The Morgan fingerprint density at radius 1 is 1.73 bits per heavy atom. The van der Waals surface area contributed by atoms with Crippen LogP contribution < -0.4 is 0 Å². The number of ketones is 1. The van der Waals surface area contributed by atoms with Gasteiger partial charge in [0.2, 0.25) is 0 Å². The fourth-order valence-electron chi connectivity index (χ4n) is 0.390. The summed E-state index contributed by atoms with van der Waals surface area (Å²) < 4.78 is 3.55. The van der Waals surface area contributed by atoms with E-state index in [2.05, 4.69) is 20.7 Å². The van der Waals surface area contributed by atoms with Gasteiger partial charge in [0.25, 0.3) is 0 Å². The van der Waals surface area contributed by atoms with Gasteiger partial charge < -0.3 is 0 Å². The van der Waals surface area contributed by atoms with Crippen LogP contribution in [0.5, 0.6) is 0 Å². The molecule has 0 heterocycles. The van der Waals surface area contributed by atoms with Crippen molar-refractivity contribution < 1.29 is 14.3 Å². The molecule has 60 valence electrons. The number of hydrogen-bond acceptors (Lipinski definition) is 4. The molecule has 1 atom stereocenters. The average molecular weight is 220 g/mol. The molecule has 0 rings (SSSR count). The first-order chi connectivity index (χ1) is 5.13. The quantitative estimate of drug-likeness (QED) is 0.320. The molecule has 11 heavy (non-hydrogen) atoms. The second kappa shape index (κ2) is 5.18. The van der Waals surface area contributed by atoms with Crippen LogP contribution in [-0.4, -0.2) is 30.2 Å². The number of ether oxygens (including phenoxy) is 1. The fraction of sp³-hybridized carbons (Fsp3) is 0.600. The number of hydrogen-bond donors (Lipinski definition) is 1. The molecule has 1 N–H and O–H groups in total. The Bertz CT molecular complexity index is 185. The Hall–Kier alpha value is -0.515. The zero-order chi connectivity index (χ0) is 8.85. The molecule has 0 aromatic heterocycles. The molecule has 0 aliphatic carbocycles. The van der Waals surface area contributed by atoms with Gasteiger partial charge in [-0.25, -0.2) is 0 Å². The van der Waals surface area contributed by atoms with E-state index in [9.17, 15) is 9.59 Å². The standard InChI is InChI=1S/C5H7BBrNO3/c1-2-11-5(10)3(9)4(7)6-8/h4,8H,2H2,1H3. The first-order valence-corrected chi connectivity index (χ1v) is 3.90. The Morgan fingerprint density at radius 3 is 2.64 bits per heavy atom. The number of esters is 1. The normalized spacial score (nSPS) is 11.5. The number of halogens is 1. The molecule has 0 amide bonds. The third-order valence-electron chi connectivity index (χ3n) is 0.873. The van der Waals surface area contributed by atoms with E-state index in [1.54, 1.807) is 6.92 Å². The van der Waals surface area contributed by atoms with Crippen LogP contribution in [0.4, 0.5) is 0 Å². The Balaban J connectivity index is 4.02. The summed E-state index contributed by atoms with van der Waals surface area (Å²) in [6, 6.07) is 0. The van der Waals surface area contributed by atoms with E-state index >= 15 is 0 Å². The Morgan fingerprint density at radius 2 is 2.27 bits per heavy atom. The van der Waals surface area contributed by atoms with Gasteiger partial charge in [0.15, 0.2) is 0 Å². The molecule has 0 fully saturated rings. The predicted molar refractivity (Wildman–Crippen MR) is 42.8 cm³/mol. The summed E-state index contributed by atoms with van der Waals surface area (Å²) in [5.41, 5.74) is 0. The van der Waals surface area contributed by atoms with Gasteiger partial charge in [-0.3, -0.25) is 0 Å². The molecular formula is C5H7BBrNO3. The van der Waals surface area contributed by atoms with Crippen molar-refractivity contribution in [2.24, 2.45) is 0 Å². The maximum atomic E-state index is 10.8. The fourth-order valence-corrected chi connectivity index (χ4v) is 0.577. The average Bonchev–Trinajstić information content (AvgIpc) is 2.02. The van der Waals surface area contributed by atoms with Crippen molar-refractivity contribution in [1.29, 1.82) is 5.31 Å². The molecule has 0 aliphatic heterocycles. The summed E-state index contributed by atoms with van der Waals surface area (Å²) in [4.78, 5) is 21.4. The number of carbonyl (C=O) groups excluding carboxylic acids is 2. The minimum absolute atomic E-state index is 0.169. The zero-order valence-corrected chi connectivity index (χ0v) is 7.55. The van der Waals surface area contributed by atoms with Crippen LogP contribution in [0.2, 0.25) is 0 Å². The molecule has 0 spiro atoms. The minimum atomic E-state index is -0.905. The van der Waals surface area contributed by atoms with Crippen LogP contribution in [0.3, 0.4) is 0 Å². The van der Waals surface area contributed by atoms with E-state index in [0.717, 1.165) is 7.07 Å². The van der Waals surface area contributed by atoms with Crippen LogP contribution >= 0.6 is 15.9 Å². The third kappa shape index (κ3) is 3.41.